The number of anilines is 2. The fraction of sp³-hybridized carbons (Fsp3) is 0.364. The number of nitrogen functional groups attached to an aromatic ring is 1. The summed E-state index contributed by atoms with van der Waals surface area (Å²) in [6, 6.07) is 2.95. The van der Waals surface area contributed by atoms with Crippen LogP contribution in [0.3, 0.4) is 0 Å². The number of amides is 2. The molecule has 1 aromatic rings. The van der Waals surface area contributed by atoms with Crippen molar-refractivity contribution in [1.82, 2.24) is 10.3 Å². The fourth-order valence-corrected chi connectivity index (χ4v) is 1.91. The smallest absolute Gasteiger partial charge is 0.404 e. The highest BCUT2D eigenvalue weighted by atomic mass is 16.4. The van der Waals surface area contributed by atoms with E-state index in [0.29, 0.717) is 23.7 Å². The number of carboxylic acid groups (broad SMARTS) is 1. The molecule has 1 atom stereocenters. The fourth-order valence-electron chi connectivity index (χ4n) is 1.91. The molecule has 1 saturated heterocycles. The Hall–Kier alpha value is -2.31. The van der Waals surface area contributed by atoms with Crippen LogP contribution in [0.2, 0.25) is 0 Å². The van der Waals surface area contributed by atoms with Gasteiger partial charge in [0.1, 0.15) is 5.82 Å². The number of nitrogens with one attached hydrogen (secondary N) is 1. The van der Waals surface area contributed by atoms with Gasteiger partial charge >= 0.3 is 6.09 Å². The summed E-state index contributed by atoms with van der Waals surface area (Å²) in [6.45, 7) is 2.05. The zero-order chi connectivity index (χ0) is 13.3. The van der Waals surface area contributed by atoms with Gasteiger partial charge < -0.3 is 16.2 Å². The molecule has 1 aromatic heterocycles. The molecule has 1 aliphatic heterocycles. The number of hydrogen-bond acceptors (Lipinski definition) is 4. The van der Waals surface area contributed by atoms with Gasteiger partial charge in [-0.3, -0.25) is 9.69 Å². The lowest BCUT2D eigenvalue weighted by Crippen LogP contribution is -2.36. The SMILES string of the molecule is Cc1nc(N2CC(NC(=O)O)CC2=O)ccc1N. The van der Waals surface area contributed by atoms with Crippen LogP contribution >= 0.6 is 0 Å². The van der Waals surface area contributed by atoms with E-state index in [1.165, 1.54) is 4.90 Å². The van der Waals surface area contributed by atoms with Crippen molar-refractivity contribution in [2.45, 2.75) is 19.4 Å². The number of rotatable bonds is 2. The first-order chi connectivity index (χ1) is 8.47. The summed E-state index contributed by atoms with van der Waals surface area (Å²) < 4.78 is 0. The monoisotopic (exact) mass is 250 g/mol. The second-order valence-corrected chi connectivity index (χ2v) is 4.20. The van der Waals surface area contributed by atoms with Crippen molar-refractivity contribution in [3.05, 3.63) is 17.8 Å². The Bertz CT molecular complexity index is 503. The molecule has 0 bridgehead atoms. The highest BCUT2D eigenvalue weighted by Crippen LogP contribution is 2.21. The van der Waals surface area contributed by atoms with Crippen molar-refractivity contribution in [2.75, 3.05) is 17.2 Å². The molecule has 1 fully saturated rings. The van der Waals surface area contributed by atoms with Crippen molar-refractivity contribution in [1.29, 1.82) is 0 Å². The molecular formula is C11H14N4O3. The van der Waals surface area contributed by atoms with Gasteiger partial charge in [-0.2, -0.15) is 0 Å². The molecule has 0 saturated carbocycles. The molecule has 0 radical (unpaired) electrons. The number of pyridine rings is 1. The minimum absolute atomic E-state index is 0.148. The van der Waals surface area contributed by atoms with Crippen LogP contribution in [-0.4, -0.2) is 34.7 Å². The summed E-state index contributed by atoms with van der Waals surface area (Å²) in [5.74, 6) is 0.354. The van der Waals surface area contributed by atoms with Gasteiger partial charge in [-0.15, -0.1) is 0 Å². The van der Waals surface area contributed by atoms with Gasteiger partial charge in [0.05, 0.1) is 17.4 Å². The lowest BCUT2D eigenvalue weighted by atomic mass is 10.3. The summed E-state index contributed by atoms with van der Waals surface area (Å²) in [7, 11) is 0. The lowest BCUT2D eigenvalue weighted by Gasteiger charge is -2.16. The van der Waals surface area contributed by atoms with Gasteiger partial charge in [0, 0.05) is 13.0 Å². The van der Waals surface area contributed by atoms with Gasteiger partial charge in [0.25, 0.3) is 0 Å². The molecular weight excluding hydrogens is 236 g/mol. The van der Waals surface area contributed by atoms with Crippen LogP contribution in [0.25, 0.3) is 0 Å². The summed E-state index contributed by atoms with van der Waals surface area (Å²) >= 11 is 0. The number of nitrogens with zero attached hydrogens (tertiary/aromatic N) is 2. The number of carbonyl (C=O) groups is 2. The first-order valence-corrected chi connectivity index (χ1v) is 5.50. The van der Waals surface area contributed by atoms with E-state index in [1.54, 1.807) is 19.1 Å². The highest BCUT2D eigenvalue weighted by Gasteiger charge is 2.32. The quantitative estimate of drug-likeness (QED) is 0.701. The summed E-state index contributed by atoms with van der Waals surface area (Å²) in [5, 5.41) is 10.9. The summed E-state index contributed by atoms with van der Waals surface area (Å²) in [6.07, 6.45) is -0.978. The van der Waals surface area contributed by atoms with Crippen LogP contribution in [0, 0.1) is 6.92 Å². The third kappa shape index (κ3) is 2.34. The zero-order valence-electron chi connectivity index (χ0n) is 9.88. The number of aromatic nitrogens is 1. The van der Waals surface area contributed by atoms with Crippen LogP contribution in [0.15, 0.2) is 12.1 Å². The van der Waals surface area contributed by atoms with Crippen LogP contribution < -0.4 is 16.0 Å². The normalized spacial score (nSPS) is 19.1. The standard InChI is InChI=1S/C11H14N4O3/c1-6-8(12)2-3-9(13-6)15-5-7(4-10(15)16)14-11(17)18/h2-3,7,14H,4-5,12H2,1H3,(H,17,18). The Morgan fingerprint density at radius 1 is 1.61 bits per heavy atom. The van der Waals surface area contributed by atoms with E-state index < -0.39 is 12.1 Å². The van der Waals surface area contributed by atoms with E-state index in [1.807, 2.05) is 0 Å². The minimum Gasteiger partial charge on any atom is -0.465 e. The van der Waals surface area contributed by atoms with Gasteiger partial charge in [-0.05, 0) is 19.1 Å². The molecule has 0 aromatic carbocycles. The molecule has 1 unspecified atom stereocenters. The first kappa shape index (κ1) is 12.2. The zero-order valence-corrected chi connectivity index (χ0v) is 9.88. The van der Waals surface area contributed by atoms with E-state index in [0.717, 1.165) is 0 Å². The predicted molar refractivity (Wildman–Crippen MR) is 65.3 cm³/mol. The first-order valence-electron chi connectivity index (χ1n) is 5.50. The van der Waals surface area contributed by atoms with E-state index in [9.17, 15) is 9.59 Å². The Morgan fingerprint density at radius 2 is 2.33 bits per heavy atom. The van der Waals surface area contributed by atoms with Crippen molar-refractivity contribution in [2.24, 2.45) is 0 Å². The molecule has 4 N–H and O–H groups in total. The number of hydrogen-bond donors (Lipinski definition) is 3. The molecule has 2 rings (SSSR count). The number of nitrogens with two attached hydrogens (primary N) is 1. The van der Waals surface area contributed by atoms with Crippen LogP contribution in [0.5, 0.6) is 0 Å². The van der Waals surface area contributed by atoms with E-state index in [2.05, 4.69) is 10.3 Å². The molecule has 0 spiro atoms. The van der Waals surface area contributed by atoms with Crippen LogP contribution in [-0.2, 0) is 4.79 Å². The third-order valence-electron chi connectivity index (χ3n) is 2.84. The number of carbonyl (C=O) groups excluding carboxylic acids is 1. The molecule has 2 heterocycles. The van der Waals surface area contributed by atoms with Crippen LogP contribution in [0.4, 0.5) is 16.3 Å². The maximum atomic E-state index is 11.8. The van der Waals surface area contributed by atoms with E-state index in [-0.39, 0.29) is 12.3 Å². The average molecular weight is 250 g/mol. The third-order valence-corrected chi connectivity index (χ3v) is 2.84. The Labute approximate surface area is 104 Å². The van der Waals surface area contributed by atoms with Gasteiger partial charge in [-0.1, -0.05) is 0 Å². The second-order valence-electron chi connectivity index (χ2n) is 4.20. The van der Waals surface area contributed by atoms with Gasteiger partial charge in [0.2, 0.25) is 5.91 Å². The number of aryl methyl sites for hydroxylation is 1. The molecule has 0 aliphatic carbocycles. The van der Waals surface area contributed by atoms with Crippen molar-refractivity contribution in [3.8, 4) is 0 Å². The molecule has 18 heavy (non-hydrogen) atoms. The predicted octanol–water partition coefficient (Wildman–Crippen LogP) is 0.345. The summed E-state index contributed by atoms with van der Waals surface area (Å²) in [4.78, 5) is 28.0. The van der Waals surface area contributed by atoms with E-state index >= 15 is 0 Å². The molecule has 7 heteroatoms. The summed E-state index contributed by atoms with van der Waals surface area (Å²) in [5.41, 5.74) is 6.87. The largest absolute Gasteiger partial charge is 0.465 e. The topological polar surface area (TPSA) is 109 Å². The maximum absolute atomic E-state index is 11.8. The molecule has 96 valence electrons. The molecule has 1 aliphatic rings. The maximum Gasteiger partial charge on any atom is 0.404 e. The average Bonchev–Trinajstić information content (AvgIpc) is 2.62. The lowest BCUT2D eigenvalue weighted by molar-refractivity contribution is -0.117. The second kappa shape index (κ2) is 4.52. The van der Waals surface area contributed by atoms with Crippen molar-refractivity contribution < 1.29 is 14.7 Å². The molecule has 2 amide bonds. The van der Waals surface area contributed by atoms with Crippen molar-refractivity contribution >= 4 is 23.5 Å². The van der Waals surface area contributed by atoms with Crippen LogP contribution in [0.1, 0.15) is 12.1 Å². The Morgan fingerprint density at radius 3 is 2.94 bits per heavy atom. The highest BCUT2D eigenvalue weighted by molar-refractivity contribution is 5.95. The Kier molecular flexibility index (Phi) is 3.05. The van der Waals surface area contributed by atoms with E-state index in [4.69, 9.17) is 10.8 Å². The Balaban J connectivity index is 2.16. The van der Waals surface area contributed by atoms with Gasteiger partial charge in [-0.25, -0.2) is 9.78 Å². The minimum atomic E-state index is -1.13. The molecule has 7 nitrogen and oxygen atoms in total. The van der Waals surface area contributed by atoms with Crippen molar-refractivity contribution in [3.63, 3.8) is 0 Å². The van der Waals surface area contributed by atoms with Gasteiger partial charge in [0.15, 0.2) is 0 Å².